The molecule has 0 saturated heterocycles. The largest absolute Gasteiger partial charge is 0.268 e. The lowest BCUT2D eigenvalue weighted by Gasteiger charge is -2.44. The third kappa shape index (κ3) is 5.93. The molecular formula is C28H10BF20I. The molecule has 50 heavy (non-hydrogen) atoms. The number of rotatable bonds is 6. The van der Waals surface area contributed by atoms with Gasteiger partial charge < -0.3 is 0 Å². The smallest absolute Gasteiger partial charge is 0.207 e. The molecule has 4 aromatic carbocycles. The van der Waals surface area contributed by atoms with Crippen LogP contribution in [0.5, 0.6) is 0 Å². The van der Waals surface area contributed by atoms with E-state index in [4.69, 9.17) is 0 Å². The predicted octanol–water partition coefficient (Wildman–Crippen LogP) is 3.96. The average molecular weight is 864 g/mol. The van der Waals surface area contributed by atoms with E-state index in [0.29, 0.717) is 21.2 Å². The first kappa shape index (κ1) is 40.7. The third-order valence-corrected chi connectivity index (χ3v) is 9.24. The first-order chi connectivity index (χ1) is 23.1. The van der Waals surface area contributed by atoms with E-state index in [1.54, 1.807) is 0 Å². The number of alkyl halides is 2. The number of halogens is 21. The molecule has 22 heteroatoms. The van der Waals surface area contributed by atoms with Crippen molar-refractivity contribution < 1.29 is 109 Å². The zero-order valence-corrected chi connectivity index (χ0v) is 26.1. The molecule has 0 aromatic heterocycles. The van der Waals surface area contributed by atoms with Crippen molar-refractivity contribution in [2.75, 3.05) is 8.86 Å². The van der Waals surface area contributed by atoms with Crippen LogP contribution in [0, 0.1) is 116 Å². The monoisotopic (exact) mass is 864 g/mol. The lowest BCUT2D eigenvalue weighted by atomic mass is 9.12. The van der Waals surface area contributed by atoms with Crippen LogP contribution in [0.25, 0.3) is 0 Å². The molecule has 0 aliphatic heterocycles. The quantitative estimate of drug-likeness (QED) is 0.0689. The molecule has 0 aliphatic carbocycles. The molecule has 4 aromatic rings. The highest BCUT2D eigenvalue weighted by molar-refractivity contribution is 7.20. The highest BCUT2D eigenvalue weighted by Gasteiger charge is 2.52. The topological polar surface area (TPSA) is 0 Å². The Kier molecular flexibility index (Phi) is 12.1. The molecule has 0 spiro atoms. The van der Waals surface area contributed by atoms with Crippen molar-refractivity contribution in [3.8, 4) is 0 Å². The predicted molar refractivity (Wildman–Crippen MR) is 130 cm³/mol. The molecule has 0 fully saturated rings. The van der Waals surface area contributed by atoms with Gasteiger partial charge in [-0.15, -0.1) is 21.9 Å². The summed E-state index contributed by atoms with van der Waals surface area (Å²) in [5, 5.41) is 0. The van der Waals surface area contributed by atoms with E-state index in [9.17, 15) is 52.7 Å². The van der Waals surface area contributed by atoms with Gasteiger partial charge in [-0.1, -0.05) is 0 Å². The van der Waals surface area contributed by atoms with Crippen molar-refractivity contribution in [1.29, 1.82) is 0 Å². The number of hydrogen-bond acceptors (Lipinski definition) is 0. The van der Waals surface area contributed by atoms with Gasteiger partial charge in [0, 0.05) is 0 Å². The highest BCUT2D eigenvalue weighted by Crippen LogP contribution is 2.30. The zero-order chi connectivity index (χ0) is 38.5. The molecule has 0 amide bonds. The molecule has 0 heterocycles. The first-order valence-electron chi connectivity index (χ1n) is 12.9. The molecular weight excluding hydrogens is 854 g/mol. The summed E-state index contributed by atoms with van der Waals surface area (Å²) in [4.78, 5) is 0. The highest BCUT2D eigenvalue weighted by atomic mass is 127. The first-order valence-corrected chi connectivity index (χ1v) is 15.9. The van der Waals surface area contributed by atoms with Gasteiger partial charge >= 0.3 is 0 Å². The molecule has 0 nitrogen and oxygen atoms in total. The summed E-state index contributed by atoms with van der Waals surface area (Å²) < 4.78 is 297. The van der Waals surface area contributed by atoms with Crippen molar-refractivity contribution in [2.45, 2.75) is 13.8 Å². The summed E-state index contributed by atoms with van der Waals surface area (Å²) in [5.74, 6) is -71.4. The van der Waals surface area contributed by atoms with Gasteiger partial charge in [-0.3, -0.25) is 0 Å². The molecule has 272 valence electrons. The molecule has 0 atom stereocenters. The molecule has 0 saturated carbocycles. The van der Waals surface area contributed by atoms with Crippen molar-refractivity contribution >= 4 is 28.0 Å². The Labute approximate surface area is 275 Å². The van der Waals surface area contributed by atoms with Gasteiger partial charge in [-0.2, -0.15) is 0 Å². The van der Waals surface area contributed by atoms with E-state index in [-0.39, 0.29) is 0 Å². The number of benzene rings is 4. The maximum absolute atomic E-state index is 15.4. The van der Waals surface area contributed by atoms with Crippen LogP contribution in [-0.2, 0) is 0 Å². The van der Waals surface area contributed by atoms with Crippen LogP contribution in [-0.4, -0.2) is 15.0 Å². The van der Waals surface area contributed by atoms with E-state index in [1.807, 2.05) is 0 Å². The minimum absolute atomic E-state index is 0.631. The second kappa shape index (κ2) is 14.9. The van der Waals surface area contributed by atoms with Crippen LogP contribution in [0.2, 0.25) is 0 Å². The molecule has 0 aliphatic rings. The van der Waals surface area contributed by atoms with E-state index in [0.717, 1.165) is 0 Å². The summed E-state index contributed by atoms with van der Waals surface area (Å²) in [6.45, 7) is 4.52. The Bertz CT molecular complexity index is 1630. The second-order valence-electron chi connectivity index (χ2n) is 9.52. The third-order valence-electron chi connectivity index (χ3n) is 7.09. The summed E-state index contributed by atoms with van der Waals surface area (Å²) in [7, 11) is 0. The molecule has 0 radical (unpaired) electrons. The van der Waals surface area contributed by atoms with Gasteiger partial charge in [0.15, 0.2) is 69.8 Å². The fraction of sp³-hybridized carbons (Fsp3) is 0.143. The minimum atomic E-state index is -7.22. The van der Waals surface area contributed by atoms with Crippen LogP contribution in [0.1, 0.15) is 13.8 Å². The molecule has 4 rings (SSSR count). The van der Waals surface area contributed by atoms with E-state index < -0.39 is 144 Å². The van der Waals surface area contributed by atoms with Gasteiger partial charge in [-0.05, 0) is 13.8 Å². The van der Waals surface area contributed by atoms with Gasteiger partial charge in [0.2, 0.25) is 0 Å². The summed E-state index contributed by atoms with van der Waals surface area (Å²) >= 11 is 0.631. The maximum Gasteiger partial charge on any atom is 0.268 e. The van der Waals surface area contributed by atoms with E-state index in [1.165, 1.54) is 8.86 Å². The van der Waals surface area contributed by atoms with Crippen LogP contribution in [0.3, 0.4) is 0 Å². The zero-order valence-electron chi connectivity index (χ0n) is 23.9. The van der Waals surface area contributed by atoms with Crippen molar-refractivity contribution in [2.24, 2.45) is 0 Å². The molecule has 0 unspecified atom stereocenters. The average Bonchev–Trinajstić information content (AvgIpc) is 3.08. The molecule has 0 bridgehead atoms. The van der Waals surface area contributed by atoms with Crippen LogP contribution in [0.4, 0.5) is 87.8 Å². The Morgan fingerprint density at radius 3 is 0.480 bits per heavy atom. The normalized spacial score (nSPS) is 11.6. The van der Waals surface area contributed by atoms with Crippen molar-refractivity contribution in [3.63, 3.8) is 0 Å². The van der Waals surface area contributed by atoms with Gasteiger partial charge in [0.25, 0.3) is 21.2 Å². The Morgan fingerprint density at radius 2 is 0.380 bits per heavy atom. The van der Waals surface area contributed by atoms with Crippen LogP contribution in [0.15, 0.2) is 0 Å². The standard InChI is InChI=1S/C24BF20.C4H10I/c26-5-1(6(27)14(35)21(42)13(5)34)25(2-7(28)15(36)22(43)16(37)8(2)29,3-9(30)17(38)23(44)18(39)10(3)31)4-11(32)19(40)24(45)20(41)12(4)33;1-3-5-4-2/h;3-4H2,1-2H3/q-1;+1. The summed E-state index contributed by atoms with van der Waals surface area (Å²) in [5.41, 5.74) is -14.3. The Hall–Kier alpha value is -3.73. The van der Waals surface area contributed by atoms with E-state index >= 15 is 35.1 Å². The maximum atomic E-state index is 15.4. The number of hydrogen-bond donors (Lipinski definition) is 0. The van der Waals surface area contributed by atoms with Crippen LogP contribution < -0.4 is 43.1 Å². The second-order valence-corrected chi connectivity index (χ2v) is 13.7. The van der Waals surface area contributed by atoms with Gasteiger partial charge in [-0.25, -0.2) is 87.8 Å². The lowest BCUT2D eigenvalue weighted by Crippen LogP contribution is -3.63. The summed E-state index contributed by atoms with van der Waals surface area (Å²) in [6.07, 6.45) is -7.22. The molecule has 0 N–H and O–H groups in total. The summed E-state index contributed by atoms with van der Waals surface area (Å²) in [6, 6.07) is 0. The van der Waals surface area contributed by atoms with Gasteiger partial charge in [0.1, 0.15) is 61.5 Å². The van der Waals surface area contributed by atoms with Crippen LogP contribution >= 0.6 is 0 Å². The lowest BCUT2D eigenvalue weighted by molar-refractivity contribution is -0.648. The minimum Gasteiger partial charge on any atom is -0.207 e. The van der Waals surface area contributed by atoms with Crippen molar-refractivity contribution in [3.05, 3.63) is 116 Å². The Morgan fingerprint density at radius 1 is 0.260 bits per heavy atom. The Balaban J connectivity index is 0.00000126. The fourth-order valence-corrected chi connectivity index (χ4v) is 6.14. The van der Waals surface area contributed by atoms with Gasteiger partial charge in [0.05, 0.1) is 0 Å². The van der Waals surface area contributed by atoms with E-state index in [2.05, 4.69) is 13.8 Å². The fourth-order valence-electron chi connectivity index (χ4n) is 5.06. The van der Waals surface area contributed by atoms with Crippen molar-refractivity contribution in [1.82, 2.24) is 0 Å². The SMILES string of the molecule is CC[I+]CC.Fc1c(F)c(F)c([B-](c2c(F)c(F)c(F)c(F)c2F)(c2c(F)c(F)c(F)c(F)c2F)c2c(F)c(F)c(F)c(F)c2F)c(F)c1F.